The van der Waals surface area contributed by atoms with Gasteiger partial charge in [-0.15, -0.1) is 0 Å². The van der Waals surface area contributed by atoms with Gasteiger partial charge in [0.2, 0.25) is 5.91 Å². The van der Waals surface area contributed by atoms with Crippen LogP contribution in [-0.2, 0) is 4.79 Å². The highest BCUT2D eigenvalue weighted by molar-refractivity contribution is 6.02. The molecule has 5 aromatic rings. The number of para-hydroxylation sites is 1. The van der Waals surface area contributed by atoms with E-state index in [-0.39, 0.29) is 5.91 Å². The summed E-state index contributed by atoms with van der Waals surface area (Å²) in [4.78, 5) is 24.9. The highest BCUT2D eigenvalue weighted by Gasteiger charge is 2.11. The van der Waals surface area contributed by atoms with E-state index in [9.17, 15) is 9.59 Å². The number of carbonyl (C=O) groups excluding carboxylic acids is 1. The fourth-order valence-electron chi connectivity index (χ4n) is 3.84. The average molecular weight is 447 g/mol. The second-order valence-corrected chi connectivity index (χ2v) is 7.91. The SMILES string of the molecule is Cc1cc(NC(=O)/C=C/c2ccc(-c3ccccc3)o2)ccc1-c1cc2ccccc2oc1=O. The van der Waals surface area contributed by atoms with Crippen LogP contribution < -0.4 is 10.9 Å². The summed E-state index contributed by atoms with van der Waals surface area (Å²) < 4.78 is 11.2. The molecule has 0 atom stereocenters. The van der Waals surface area contributed by atoms with Crippen molar-refractivity contribution in [3.05, 3.63) is 119 Å². The largest absolute Gasteiger partial charge is 0.457 e. The number of aryl methyl sites for hydroxylation is 1. The number of anilines is 1. The normalized spacial score (nSPS) is 11.2. The molecular formula is C29H21NO4. The predicted molar refractivity (Wildman–Crippen MR) is 134 cm³/mol. The summed E-state index contributed by atoms with van der Waals surface area (Å²) in [6.07, 6.45) is 3.05. The third-order valence-corrected chi connectivity index (χ3v) is 5.51. The number of carbonyl (C=O) groups is 1. The molecule has 5 rings (SSSR count). The molecule has 0 saturated heterocycles. The van der Waals surface area contributed by atoms with Crippen LogP contribution >= 0.6 is 0 Å². The van der Waals surface area contributed by atoms with Crippen molar-refractivity contribution in [2.75, 3.05) is 5.32 Å². The van der Waals surface area contributed by atoms with E-state index >= 15 is 0 Å². The number of hydrogen-bond donors (Lipinski definition) is 1. The lowest BCUT2D eigenvalue weighted by Crippen LogP contribution is -2.08. The Hall–Kier alpha value is -4.64. The number of amides is 1. The second kappa shape index (κ2) is 9.08. The molecule has 0 saturated carbocycles. The highest BCUT2D eigenvalue weighted by atomic mass is 16.4. The molecule has 2 aromatic heterocycles. The zero-order chi connectivity index (χ0) is 23.5. The quantitative estimate of drug-likeness (QED) is 0.241. The fourth-order valence-corrected chi connectivity index (χ4v) is 3.84. The van der Waals surface area contributed by atoms with Gasteiger partial charge in [-0.1, -0.05) is 54.6 Å². The number of nitrogens with one attached hydrogen (secondary N) is 1. The van der Waals surface area contributed by atoms with Crippen LogP contribution in [0.5, 0.6) is 0 Å². The Morgan fingerprint density at radius 3 is 2.44 bits per heavy atom. The molecule has 166 valence electrons. The van der Waals surface area contributed by atoms with Gasteiger partial charge in [-0.05, 0) is 60.5 Å². The molecule has 0 aliphatic rings. The average Bonchev–Trinajstić information content (AvgIpc) is 3.32. The number of hydrogen-bond acceptors (Lipinski definition) is 4. The molecule has 0 fully saturated rings. The topological polar surface area (TPSA) is 72.5 Å². The van der Waals surface area contributed by atoms with Gasteiger partial charge in [0.25, 0.3) is 0 Å². The van der Waals surface area contributed by atoms with Crippen molar-refractivity contribution in [1.82, 2.24) is 0 Å². The summed E-state index contributed by atoms with van der Waals surface area (Å²) in [6, 6.07) is 28.1. The number of benzene rings is 3. The maximum atomic E-state index is 12.5. The van der Waals surface area contributed by atoms with Gasteiger partial charge in [0.1, 0.15) is 17.1 Å². The van der Waals surface area contributed by atoms with Crippen molar-refractivity contribution in [2.24, 2.45) is 0 Å². The minimum Gasteiger partial charge on any atom is -0.457 e. The smallest absolute Gasteiger partial charge is 0.344 e. The maximum Gasteiger partial charge on any atom is 0.344 e. The van der Waals surface area contributed by atoms with Crippen molar-refractivity contribution in [2.45, 2.75) is 6.92 Å². The highest BCUT2D eigenvalue weighted by Crippen LogP contribution is 2.26. The Morgan fingerprint density at radius 2 is 1.62 bits per heavy atom. The lowest BCUT2D eigenvalue weighted by atomic mass is 10.0. The van der Waals surface area contributed by atoms with Crippen LogP contribution in [0.1, 0.15) is 11.3 Å². The first-order valence-electron chi connectivity index (χ1n) is 10.8. The van der Waals surface area contributed by atoms with Gasteiger partial charge in [0, 0.05) is 22.7 Å². The van der Waals surface area contributed by atoms with Gasteiger partial charge in [0.15, 0.2) is 0 Å². The Morgan fingerprint density at radius 1 is 0.824 bits per heavy atom. The summed E-state index contributed by atoms with van der Waals surface area (Å²) in [5, 5.41) is 3.70. The monoisotopic (exact) mass is 447 g/mol. The Labute approximate surface area is 196 Å². The van der Waals surface area contributed by atoms with Crippen LogP contribution in [0.25, 0.3) is 39.5 Å². The molecule has 34 heavy (non-hydrogen) atoms. The molecule has 1 N–H and O–H groups in total. The van der Waals surface area contributed by atoms with E-state index in [1.165, 1.54) is 6.08 Å². The van der Waals surface area contributed by atoms with Crippen LogP contribution in [0.4, 0.5) is 5.69 Å². The molecule has 5 heteroatoms. The Kier molecular flexibility index (Phi) is 5.67. The fraction of sp³-hybridized carbons (Fsp3) is 0.0345. The van der Waals surface area contributed by atoms with E-state index in [1.54, 1.807) is 18.2 Å². The number of furan rings is 1. The van der Waals surface area contributed by atoms with Gasteiger partial charge < -0.3 is 14.2 Å². The molecule has 1 amide bonds. The standard InChI is InChI=1S/C29H21NO4/c1-19-17-22(11-14-24(19)25-18-21-9-5-6-10-26(21)34-29(25)32)30-28(31)16-13-23-12-15-27(33-23)20-7-3-2-4-8-20/h2-18H,1H3,(H,30,31)/b16-13+. The molecule has 0 bridgehead atoms. The summed E-state index contributed by atoms with van der Waals surface area (Å²) >= 11 is 0. The first-order valence-corrected chi connectivity index (χ1v) is 10.8. The first-order chi connectivity index (χ1) is 16.6. The molecule has 0 unspecified atom stereocenters. The van der Waals surface area contributed by atoms with E-state index in [2.05, 4.69) is 5.32 Å². The summed E-state index contributed by atoms with van der Waals surface area (Å²) in [6.45, 7) is 1.89. The van der Waals surface area contributed by atoms with E-state index in [0.717, 1.165) is 27.8 Å². The Balaban J connectivity index is 1.31. The van der Waals surface area contributed by atoms with Crippen LogP contribution in [0.3, 0.4) is 0 Å². The van der Waals surface area contributed by atoms with Gasteiger partial charge in [0.05, 0.1) is 5.56 Å². The predicted octanol–water partition coefficient (Wildman–Crippen LogP) is 6.68. The summed E-state index contributed by atoms with van der Waals surface area (Å²) in [5.41, 5.74) is 3.86. The first kappa shape index (κ1) is 21.2. The molecule has 0 aliphatic heterocycles. The van der Waals surface area contributed by atoms with Gasteiger partial charge in [-0.2, -0.15) is 0 Å². The van der Waals surface area contributed by atoms with Crippen LogP contribution in [0.2, 0.25) is 0 Å². The van der Waals surface area contributed by atoms with E-state index < -0.39 is 5.63 Å². The van der Waals surface area contributed by atoms with Crippen molar-refractivity contribution < 1.29 is 13.6 Å². The molecule has 0 radical (unpaired) electrons. The maximum absolute atomic E-state index is 12.5. The molecule has 2 heterocycles. The summed E-state index contributed by atoms with van der Waals surface area (Å²) in [5.74, 6) is 1.05. The van der Waals surface area contributed by atoms with E-state index in [1.807, 2.05) is 85.8 Å². The molecule has 5 nitrogen and oxygen atoms in total. The lowest BCUT2D eigenvalue weighted by molar-refractivity contribution is -0.111. The van der Waals surface area contributed by atoms with Crippen molar-refractivity contribution in [3.63, 3.8) is 0 Å². The number of fused-ring (bicyclic) bond motifs is 1. The van der Waals surface area contributed by atoms with Crippen LogP contribution in [-0.4, -0.2) is 5.91 Å². The van der Waals surface area contributed by atoms with Crippen LogP contribution in [0.15, 0.2) is 111 Å². The van der Waals surface area contributed by atoms with Gasteiger partial charge in [-0.3, -0.25) is 4.79 Å². The van der Waals surface area contributed by atoms with E-state index in [4.69, 9.17) is 8.83 Å². The molecular weight excluding hydrogens is 426 g/mol. The summed E-state index contributed by atoms with van der Waals surface area (Å²) in [7, 11) is 0. The van der Waals surface area contributed by atoms with E-state index in [0.29, 0.717) is 22.6 Å². The minimum atomic E-state index is -0.394. The van der Waals surface area contributed by atoms with Crippen molar-refractivity contribution in [3.8, 4) is 22.5 Å². The Bertz CT molecular complexity index is 1580. The second-order valence-electron chi connectivity index (χ2n) is 7.91. The van der Waals surface area contributed by atoms with Gasteiger partial charge in [-0.25, -0.2) is 4.79 Å². The third-order valence-electron chi connectivity index (χ3n) is 5.51. The van der Waals surface area contributed by atoms with Crippen molar-refractivity contribution in [1.29, 1.82) is 0 Å². The molecule has 3 aromatic carbocycles. The lowest BCUT2D eigenvalue weighted by Gasteiger charge is -2.09. The van der Waals surface area contributed by atoms with Crippen LogP contribution in [0, 0.1) is 6.92 Å². The molecule has 0 aliphatic carbocycles. The zero-order valence-electron chi connectivity index (χ0n) is 18.4. The zero-order valence-corrected chi connectivity index (χ0v) is 18.4. The number of rotatable bonds is 5. The van der Waals surface area contributed by atoms with Gasteiger partial charge >= 0.3 is 5.63 Å². The minimum absolute atomic E-state index is 0.282. The van der Waals surface area contributed by atoms with Crippen molar-refractivity contribution >= 4 is 28.6 Å². The third kappa shape index (κ3) is 4.45. The molecule has 0 spiro atoms.